The largest absolute Gasteiger partial charge is 0.437 e. The molecule has 28 heavy (non-hydrogen) atoms. The van der Waals surface area contributed by atoms with Gasteiger partial charge in [0.25, 0.3) is 0 Å². The van der Waals surface area contributed by atoms with Gasteiger partial charge in [-0.3, -0.25) is 0 Å². The van der Waals surface area contributed by atoms with E-state index in [2.05, 4.69) is 9.97 Å². The molecular weight excluding hydrogens is 371 g/mol. The third-order valence-corrected chi connectivity index (χ3v) is 4.23. The molecule has 2 N–H and O–H groups in total. The van der Waals surface area contributed by atoms with Crippen molar-refractivity contribution in [1.82, 2.24) is 9.97 Å². The molecule has 1 aromatic heterocycles. The fourth-order valence-electron chi connectivity index (χ4n) is 2.50. The number of hydrogen-bond acceptors (Lipinski definition) is 5. The molecule has 0 aliphatic carbocycles. The Bertz CT molecular complexity index is 1020. The first kappa shape index (κ1) is 19.5. The highest BCUT2D eigenvalue weighted by molar-refractivity contribution is 5.58. The molecule has 5 nitrogen and oxygen atoms in total. The van der Waals surface area contributed by atoms with E-state index in [-0.39, 0.29) is 28.8 Å². The van der Waals surface area contributed by atoms with Crippen molar-refractivity contribution in [1.29, 1.82) is 0 Å². The highest BCUT2D eigenvalue weighted by Crippen LogP contribution is 2.37. The molecule has 0 saturated carbocycles. The SMILES string of the molecule is Cc1ccc(Oc2ncnc(Oc3ccc(C)c(C(F)(F)F)c3)c2N)cc1C. The van der Waals surface area contributed by atoms with Crippen molar-refractivity contribution in [2.75, 3.05) is 5.73 Å². The van der Waals surface area contributed by atoms with Gasteiger partial charge < -0.3 is 15.2 Å². The lowest BCUT2D eigenvalue weighted by Gasteiger charge is -2.14. The Kier molecular flexibility index (Phi) is 5.13. The van der Waals surface area contributed by atoms with Crippen LogP contribution in [0.15, 0.2) is 42.7 Å². The van der Waals surface area contributed by atoms with Gasteiger partial charge >= 0.3 is 6.18 Å². The third-order valence-electron chi connectivity index (χ3n) is 4.23. The fraction of sp³-hybridized carbons (Fsp3) is 0.200. The van der Waals surface area contributed by atoms with E-state index in [1.54, 1.807) is 6.07 Å². The average Bonchev–Trinajstić information content (AvgIpc) is 2.62. The number of halogens is 3. The number of aromatic nitrogens is 2. The van der Waals surface area contributed by atoms with Crippen LogP contribution in [0.2, 0.25) is 0 Å². The van der Waals surface area contributed by atoms with Crippen LogP contribution in [-0.4, -0.2) is 9.97 Å². The van der Waals surface area contributed by atoms with Gasteiger partial charge in [0.1, 0.15) is 17.8 Å². The first-order chi connectivity index (χ1) is 13.1. The molecule has 0 radical (unpaired) electrons. The van der Waals surface area contributed by atoms with Crippen molar-refractivity contribution >= 4 is 5.69 Å². The maximum absolute atomic E-state index is 13.1. The van der Waals surface area contributed by atoms with Gasteiger partial charge in [0.05, 0.1) is 5.56 Å². The molecule has 0 bridgehead atoms. The lowest BCUT2D eigenvalue weighted by molar-refractivity contribution is -0.138. The summed E-state index contributed by atoms with van der Waals surface area (Å²) in [4.78, 5) is 7.88. The monoisotopic (exact) mass is 389 g/mol. The Hall–Kier alpha value is -3.29. The zero-order valence-corrected chi connectivity index (χ0v) is 15.5. The molecule has 0 amide bonds. The zero-order valence-electron chi connectivity index (χ0n) is 15.5. The lowest BCUT2D eigenvalue weighted by atomic mass is 10.1. The Balaban J connectivity index is 1.88. The Labute approximate surface area is 160 Å². The summed E-state index contributed by atoms with van der Waals surface area (Å²) >= 11 is 0. The van der Waals surface area contributed by atoms with Gasteiger partial charge in [0.2, 0.25) is 11.8 Å². The van der Waals surface area contributed by atoms with Gasteiger partial charge in [-0.05, 0) is 61.7 Å². The van der Waals surface area contributed by atoms with Crippen LogP contribution in [0.3, 0.4) is 0 Å². The predicted octanol–water partition coefficient (Wildman–Crippen LogP) is 5.59. The smallest absolute Gasteiger partial charge is 0.416 e. The molecule has 0 fully saturated rings. The molecule has 8 heteroatoms. The topological polar surface area (TPSA) is 70.3 Å². The number of nitrogens with zero attached hydrogens (tertiary/aromatic N) is 2. The second-order valence-electron chi connectivity index (χ2n) is 6.32. The van der Waals surface area contributed by atoms with Gasteiger partial charge in [-0.15, -0.1) is 0 Å². The molecule has 1 heterocycles. The van der Waals surface area contributed by atoms with Crippen LogP contribution in [-0.2, 0) is 6.18 Å². The predicted molar refractivity (Wildman–Crippen MR) is 98.7 cm³/mol. The number of aryl methyl sites for hydroxylation is 3. The summed E-state index contributed by atoms with van der Waals surface area (Å²) in [6.07, 6.45) is -3.32. The molecular formula is C20H18F3N3O2. The number of anilines is 1. The van der Waals surface area contributed by atoms with Gasteiger partial charge in [-0.25, -0.2) is 0 Å². The van der Waals surface area contributed by atoms with Crippen molar-refractivity contribution in [2.24, 2.45) is 0 Å². The highest BCUT2D eigenvalue weighted by atomic mass is 19.4. The van der Waals surface area contributed by atoms with Crippen LogP contribution >= 0.6 is 0 Å². The summed E-state index contributed by atoms with van der Waals surface area (Å²) < 4.78 is 50.4. The molecule has 0 saturated heterocycles. The maximum Gasteiger partial charge on any atom is 0.416 e. The summed E-state index contributed by atoms with van der Waals surface area (Å²) in [6, 6.07) is 9.12. The third kappa shape index (κ3) is 4.16. The van der Waals surface area contributed by atoms with Crippen LogP contribution in [0.4, 0.5) is 18.9 Å². The van der Waals surface area contributed by atoms with E-state index in [1.165, 1.54) is 25.4 Å². The second-order valence-corrected chi connectivity index (χ2v) is 6.32. The van der Waals surface area contributed by atoms with E-state index in [1.807, 2.05) is 26.0 Å². The molecule has 2 aromatic carbocycles. The Morgan fingerprint density at radius 1 is 0.786 bits per heavy atom. The number of benzene rings is 2. The fourth-order valence-corrected chi connectivity index (χ4v) is 2.50. The number of nitrogen functional groups attached to an aromatic ring is 1. The Morgan fingerprint density at radius 2 is 1.32 bits per heavy atom. The molecule has 0 atom stereocenters. The minimum atomic E-state index is -4.49. The number of alkyl halides is 3. The molecule has 3 aromatic rings. The van der Waals surface area contributed by atoms with Gasteiger partial charge in [-0.2, -0.15) is 23.1 Å². The van der Waals surface area contributed by atoms with Crippen molar-refractivity contribution in [2.45, 2.75) is 26.9 Å². The van der Waals surface area contributed by atoms with E-state index in [4.69, 9.17) is 15.2 Å². The minimum absolute atomic E-state index is 0.0186. The first-order valence-corrected chi connectivity index (χ1v) is 8.36. The number of nitrogens with two attached hydrogens (primary N) is 1. The van der Waals surface area contributed by atoms with Crippen molar-refractivity contribution in [3.63, 3.8) is 0 Å². The van der Waals surface area contributed by atoms with Gasteiger partial charge in [-0.1, -0.05) is 12.1 Å². The van der Waals surface area contributed by atoms with Crippen molar-refractivity contribution in [3.8, 4) is 23.3 Å². The van der Waals surface area contributed by atoms with Crippen molar-refractivity contribution < 1.29 is 22.6 Å². The van der Waals surface area contributed by atoms with Gasteiger partial charge in [0, 0.05) is 0 Å². The highest BCUT2D eigenvalue weighted by Gasteiger charge is 2.32. The second kappa shape index (κ2) is 7.38. The Morgan fingerprint density at radius 3 is 1.86 bits per heavy atom. The first-order valence-electron chi connectivity index (χ1n) is 8.36. The zero-order chi connectivity index (χ0) is 20.5. The summed E-state index contributed by atoms with van der Waals surface area (Å²) in [7, 11) is 0. The minimum Gasteiger partial charge on any atom is -0.437 e. The molecule has 0 unspecified atom stereocenters. The summed E-state index contributed by atoms with van der Waals surface area (Å²) in [5.41, 5.74) is 7.42. The van der Waals surface area contributed by atoms with Crippen LogP contribution < -0.4 is 15.2 Å². The van der Waals surface area contributed by atoms with Crippen LogP contribution in [0.25, 0.3) is 0 Å². The van der Waals surface area contributed by atoms with E-state index in [9.17, 15) is 13.2 Å². The molecule has 0 aliphatic rings. The quantitative estimate of drug-likeness (QED) is 0.630. The lowest BCUT2D eigenvalue weighted by Crippen LogP contribution is -2.07. The summed E-state index contributed by atoms with van der Waals surface area (Å²) in [5, 5.41) is 0. The maximum atomic E-state index is 13.1. The molecule has 146 valence electrons. The number of ether oxygens (including phenoxy) is 2. The van der Waals surface area contributed by atoms with Crippen LogP contribution in [0.1, 0.15) is 22.3 Å². The average molecular weight is 389 g/mol. The van der Waals surface area contributed by atoms with E-state index in [0.717, 1.165) is 17.2 Å². The van der Waals surface area contributed by atoms with Crippen LogP contribution in [0.5, 0.6) is 23.3 Å². The number of hydrogen-bond donors (Lipinski definition) is 1. The van der Waals surface area contributed by atoms with E-state index >= 15 is 0 Å². The van der Waals surface area contributed by atoms with Crippen LogP contribution in [0, 0.1) is 20.8 Å². The standard InChI is InChI=1S/C20H18F3N3O2/c1-11-4-6-14(8-13(11)3)27-18-17(24)19(26-10-25-18)28-15-7-5-12(2)16(9-15)20(21,22)23/h4-10H,24H2,1-3H3. The number of rotatable bonds is 4. The van der Waals surface area contributed by atoms with Crippen molar-refractivity contribution in [3.05, 3.63) is 65.0 Å². The van der Waals surface area contributed by atoms with E-state index < -0.39 is 11.7 Å². The summed E-state index contributed by atoms with van der Waals surface area (Å²) in [5.74, 6) is 0.441. The normalized spacial score (nSPS) is 11.4. The molecule has 0 aliphatic heterocycles. The molecule has 3 rings (SSSR count). The summed E-state index contributed by atoms with van der Waals surface area (Å²) in [6.45, 7) is 5.29. The molecule has 0 spiro atoms. The van der Waals surface area contributed by atoms with Gasteiger partial charge in [0.15, 0.2) is 5.69 Å². The van der Waals surface area contributed by atoms with E-state index in [0.29, 0.717) is 5.75 Å².